The number of nitrogens with zero attached hydrogens (tertiary/aromatic N) is 2. The largest absolute Gasteiger partial charge is 0.507 e. The first-order valence-corrected chi connectivity index (χ1v) is 9.59. The standard InChI is InChI=1S/C22H20N2O5/c25-20(15-9-6-12-17(13-15)24(28)29)18-19(14-7-2-1-3-8-14)23(22(27)21(18)26)16-10-4-5-11-16/h1-3,6-9,12-13,16,19,25H,4-5,10-11H2/b20-18-. The third-order valence-electron chi connectivity index (χ3n) is 5.64. The van der Waals surface area contributed by atoms with Gasteiger partial charge in [0.05, 0.1) is 16.5 Å². The fourth-order valence-electron chi connectivity index (χ4n) is 4.29. The topological polar surface area (TPSA) is 101 Å². The zero-order valence-corrected chi connectivity index (χ0v) is 15.7. The quantitative estimate of drug-likeness (QED) is 0.279. The minimum atomic E-state index is -0.755. The Morgan fingerprint density at radius 3 is 2.38 bits per heavy atom. The molecule has 1 N–H and O–H groups in total. The van der Waals surface area contributed by atoms with Crippen LogP contribution in [0.1, 0.15) is 42.9 Å². The Morgan fingerprint density at radius 1 is 1.03 bits per heavy atom. The molecular weight excluding hydrogens is 372 g/mol. The van der Waals surface area contributed by atoms with Gasteiger partial charge in [-0.05, 0) is 18.4 Å². The molecule has 2 aromatic carbocycles. The molecule has 1 aliphatic carbocycles. The number of nitro benzene ring substituents is 1. The van der Waals surface area contributed by atoms with Crippen LogP contribution in [0.3, 0.4) is 0 Å². The number of ketones is 1. The molecule has 1 saturated carbocycles. The number of carbonyl (C=O) groups is 2. The zero-order chi connectivity index (χ0) is 20.5. The third-order valence-corrected chi connectivity index (χ3v) is 5.64. The van der Waals surface area contributed by atoms with Crippen molar-refractivity contribution in [2.45, 2.75) is 37.8 Å². The molecule has 0 bridgehead atoms. The molecule has 1 amide bonds. The van der Waals surface area contributed by atoms with Crippen LogP contribution in [-0.4, -0.2) is 32.7 Å². The summed E-state index contributed by atoms with van der Waals surface area (Å²) in [6.45, 7) is 0. The maximum Gasteiger partial charge on any atom is 0.295 e. The van der Waals surface area contributed by atoms with Gasteiger partial charge < -0.3 is 10.0 Å². The minimum absolute atomic E-state index is 0.0198. The van der Waals surface area contributed by atoms with E-state index in [2.05, 4.69) is 0 Å². The molecule has 1 heterocycles. The number of hydrogen-bond acceptors (Lipinski definition) is 5. The summed E-state index contributed by atoms with van der Waals surface area (Å²) in [6.07, 6.45) is 3.60. The zero-order valence-electron chi connectivity index (χ0n) is 15.7. The molecule has 4 rings (SSSR count). The van der Waals surface area contributed by atoms with Gasteiger partial charge in [0.2, 0.25) is 0 Å². The molecule has 1 atom stereocenters. The van der Waals surface area contributed by atoms with Crippen molar-refractivity contribution in [3.05, 3.63) is 81.4 Å². The first-order chi connectivity index (χ1) is 14.0. The lowest BCUT2D eigenvalue weighted by molar-refractivity contribution is -0.384. The molecule has 29 heavy (non-hydrogen) atoms. The van der Waals surface area contributed by atoms with Gasteiger partial charge in [0, 0.05) is 23.7 Å². The van der Waals surface area contributed by atoms with Crippen molar-refractivity contribution in [2.75, 3.05) is 0 Å². The molecule has 2 aliphatic rings. The van der Waals surface area contributed by atoms with Gasteiger partial charge in [-0.3, -0.25) is 19.7 Å². The van der Waals surface area contributed by atoms with Crippen LogP contribution >= 0.6 is 0 Å². The Bertz CT molecular complexity index is 1010. The predicted molar refractivity (Wildman–Crippen MR) is 106 cm³/mol. The summed E-state index contributed by atoms with van der Waals surface area (Å²) in [6, 6.07) is 13.8. The molecule has 148 valence electrons. The SMILES string of the molecule is O=C1C(=O)N(C2CCCC2)C(c2ccccc2)/C1=C(/O)c1cccc([N+](=O)[O-])c1. The smallest absolute Gasteiger partial charge is 0.295 e. The molecule has 0 aromatic heterocycles. The molecule has 1 saturated heterocycles. The van der Waals surface area contributed by atoms with Gasteiger partial charge in [0.25, 0.3) is 17.4 Å². The first kappa shape index (κ1) is 18.9. The predicted octanol–water partition coefficient (Wildman–Crippen LogP) is 3.96. The van der Waals surface area contributed by atoms with E-state index < -0.39 is 22.7 Å². The van der Waals surface area contributed by atoms with Crippen molar-refractivity contribution >= 4 is 23.1 Å². The molecule has 0 spiro atoms. The average Bonchev–Trinajstić information content (AvgIpc) is 3.35. The maximum atomic E-state index is 12.9. The van der Waals surface area contributed by atoms with E-state index in [0.717, 1.165) is 31.2 Å². The Balaban J connectivity index is 1.88. The lowest BCUT2D eigenvalue weighted by Crippen LogP contribution is -2.37. The van der Waals surface area contributed by atoms with Gasteiger partial charge in [-0.1, -0.05) is 55.3 Å². The second-order valence-electron chi connectivity index (χ2n) is 7.36. The minimum Gasteiger partial charge on any atom is -0.507 e. The highest BCUT2D eigenvalue weighted by Crippen LogP contribution is 2.43. The number of rotatable bonds is 4. The van der Waals surface area contributed by atoms with Crippen LogP contribution in [0.4, 0.5) is 5.69 Å². The van der Waals surface area contributed by atoms with Crippen molar-refractivity contribution in [2.24, 2.45) is 0 Å². The van der Waals surface area contributed by atoms with Gasteiger partial charge >= 0.3 is 0 Å². The average molecular weight is 392 g/mol. The number of amides is 1. The van der Waals surface area contributed by atoms with Crippen LogP contribution in [0.15, 0.2) is 60.2 Å². The summed E-state index contributed by atoms with van der Waals surface area (Å²) in [5, 5.41) is 22.1. The first-order valence-electron chi connectivity index (χ1n) is 9.59. The van der Waals surface area contributed by atoms with Crippen LogP contribution in [0.2, 0.25) is 0 Å². The molecular formula is C22H20N2O5. The number of aliphatic hydroxyl groups is 1. The lowest BCUT2D eigenvalue weighted by Gasteiger charge is -2.30. The van der Waals surface area contributed by atoms with Crippen molar-refractivity contribution in [1.29, 1.82) is 0 Å². The Hall–Kier alpha value is -3.48. The molecule has 7 nitrogen and oxygen atoms in total. The van der Waals surface area contributed by atoms with E-state index in [1.807, 2.05) is 30.3 Å². The van der Waals surface area contributed by atoms with Crippen LogP contribution in [0, 0.1) is 10.1 Å². The fraction of sp³-hybridized carbons (Fsp3) is 0.273. The number of nitro groups is 1. The molecule has 2 fully saturated rings. The summed E-state index contributed by atoms with van der Waals surface area (Å²) in [7, 11) is 0. The van der Waals surface area contributed by atoms with Gasteiger partial charge in [-0.15, -0.1) is 0 Å². The lowest BCUT2D eigenvalue weighted by atomic mass is 9.94. The van der Waals surface area contributed by atoms with Crippen LogP contribution < -0.4 is 0 Å². The normalized spacial score (nSPS) is 21.7. The molecule has 7 heteroatoms. The number of likely N-dealkylation sites (tertiary alicyclic amines) is 1. The van der Waals surface area contributed by atoms with E-state index in [0.29, 0.717) is 0 Å². The summed E-state index contributed by atoms with van der Waals surface area (Å²) >= 11 is 0. The van der Waals surface area contributed by atoms with Crippen molar-refractivity contribution < 1.29 is 19.6 Å². The summed E-state index contributed by atoms with van der Waals surface area (Å²) < 4.78 is 0. The highest BCUT2D eigenvalue weighted by atomic mass is 16.6. The summed E-state index contributed by atoms with van der Waals surface area (Å²) in [4.78, 5) is 38.0. The number of hydrogen-bond donors (Lipinski definition) is 1. The van der Waals surface area contributed by atoms with E-state index >= 15 is 0 Å². The number of Topliss-reactive ketones (excluding diaryl/α,β-unsaturated/α-hetero) is 1. The van der Waals surface area contributed by atoms with E-state index in [1.54, 1.807) is 4.90 Å². The number of aliphatic hydroxyl groups excluding tert-OH is 1. The molecule has 1 unspecified atom stereocenters. The fourth-order valence-corrected chi connectivity index (χ4v) is 4.29. The molecule has 0 radical (unpaired) electrons. The highest BCUT2D eigenvalue weighted by molar-refractivity contribution is 6.46. The summed E-state index contributed by atoms with van der Waals surface area (Å²) in [5.74, 6) is -1.77. The second kappa shape index (κ2) is 7.50. The maximum absolute atomic E-state index is 12.9. The molecule has 2 aromatic rings. The second-order valence-corrected chi connectivity index (χ2v) is 7.36. The van der Waals surface area contributed by atoms with E-state index in [-0.39, 0.29) is 28.6 Å². The summed E-state index contributed by atoms with van der Waals surface area (Å²) in [5.41, 5.74) is 0.652. The third kappa shape index (κ3) is 3.29. The highest BCUT2D eigenvalue weighted by Gasteiger charge is 2.49. The van der Waals surface area contributed by atoms with Gasteiger partial charge in [-0.25, -0.2) is 0 Å². The van der Waals surface area contributed by atoms with Gasteiger partial charge in [0.15, 0.2) is 0 Å². The van der Waals surface area contributed by atoms with E-state index in [4.69, 9.17) is 0 Å². The number of benzene rings is 2. The van der Waals surface area contributed by atoms with Crippen molar-refractivity contribution in [3.8, 4) is 0 Å². The van der Waals surface area contributed by atoms with Crippen molar-refractivity contribution in [1.82, 2.24) is 4.90 Å². The van der Waals surface area contributed by atoms with Crippen LogP contribution in [-0.2, 0) is 9.59 Å². The monoisotopic (exact) mass is 392 g/mol. The van der Waals surface area contributed by atoms with Crippen LogP contribution in [0.25, 0.3) is 5.76 Å². The van der Waals surface area contributed by atoms with E-state index in [1.165, 1.54) is 24.3 Å². The number of carbonyl (C=O) groups excluding carboxylic acids is 2. The Morgan fingerprint density at radius 2 is 1.72 bits per heavy atom. The Kier molecular flexibility index (Phi) is 4.88. The molecule has 1 aliphatic heterocycles. The number of non-ortho nitro benzene ring substituents is 1. The Labute approximate surface area is 167 Å². The van der Waals surface area contributed by atoms with Crippen molar-refractivity contribution in [3.63, 3.8) is 0 Å². The van der Waals surface area contributed by atoms with Crippen LogP contribution in [0.5, 0.6) is 0 Å². The van der Waals surface area contributed by atoms with Gasteiger partial charge in [0.1, 0.15) is 5.76 Å². The van der Waals surface area contributed by atoms with Gasteiger partial charge in [-0.2, -0.15) is 0 Å². The van der Waals surface area contributed by atoms with E-state index in [9.17, 15) is 24.8 Å².